The highest BCUT2D eigenvalue weighted by Crippen LogP contribution is 2.32. The molecule has 1 amide bonds. The van der Waals surface area contributed by atoms with Crippen LogP contribution in [0, 0.1) is 19.8 Å². The van der Waals surface area contributed by atoms with Gasteiger partial charge in [0.25, 0.3) is 11.8 Å². The summed E-state index contributed by atoms with van der Waals surface area (Å²) in [6.07, 6.45) is 3.24. The molecule has 3 rings (SSSR count). The molecule has 2 aromatic rings. The molecule has 118 valence electrons. The molecule has 0 atom stereocenters. The smallest absolute Gasteiger partial charge is 0.289 e. The summed E-state index contributed by atoms with van der Waals surface area (Å²) >= 11 is 0. The van der Waals surface area contributed by atoms with Crippen molar-refractivity contribution in [2.45, 2.75) is 52.5 Å². The number of carbonyl (C=O) groups is 1. The molecule has 0 radical (unpaired) electrons. The lowest BCUT2D eigenvalue weighted by Gasteiger charge is -2.20. The van der Waals surface area contributed by atoms with E-state index < -0.39 is 5.54 Å². The van der Waals surface area contributed by atoms with Crippen LogP contribution in [0.15, 0.2) is 8.94 Å². The normalized spacial score (nSPS) is 15.1. The van der Waals surface area contributed by atoms with E-state index in [4.69, 9.17) is 8.94 Å². The van der Waals surface area contributed by atoms with Crippen LogP contribution >= 0.6 is 0 Å². The molecular formula is C15H20N4O3. The fraction of sp³-hybridized carbons (Fsp3) is 0.600. The van der Waals surface area contributed by atoms with Gasteiger partial charge in [-0.05, 0) is 46.5 Å². The Morgan fingerprint density at radius 3 is 2.64 bits per heavy atom. The molecule has 0 unspecified atom stereocenters. The number of aromatic nitrogens is 3. The number of carbonyl (C=O) groups excluding carboxylic acids is 1. The van der Waals surface area contributed by atoms with E-state index in [1.807, 2.05) is 0 Å². The average molecular weight is 304 g/mol. The van der Waals surface area contributed by atoms with Crippen LogP contribution in [-0.2, 0) is 12.0 Å². The van der Waals surface area contributed by atoms with Gasteiger partial charge in [0.15, 0.2) is 11.7 Å². The molecule has 2 aromatic heterocycles. The van der Waals surface area contributed by atoms with Gasteiger partial charge in [-0.1, -0.05) is 5.16 Å². The van der Waals surface area contributed by atoms with Gasteiger partial charge in [0.1, 0.15) is 5.54 Å². The van der Waals surface area contributed by atoms with Crippen molar-refractivity contribution in [3.8, 4) is 0 Å². The number of amides is 1. The minimum Gasteiger partial charge on any atom is -0.435 e. The number of hydrogen-bond donors (Lipinski definition) is 1. The summed E-state index contributed by atoms with van der Waals surface area (Å²) in [4.78, 5) is 20.9. The van der Waals surface area contributed by atoms with Gasteiger partial charge in [0.2, 0.25) is 5.76 Å². The first-order valence-electron chi connectivity index (χ1n) is 7.45. The molecule has 0 aliphatic heterocycles. The third kappa shape index (κ3) is 3.03. The summed E-state index contributed by atoms with van der Waals surface area (Å²) in [6.45, 7) is 7.11. The zero-order valence-electron chi connectivity index (χ0n) is 13.3. The van der Waals surface area contributed by atoms with Gasteiger partial charge in [-0.15, -0.1) is 0 Å². The van der Waals surface area contributed by atoms with Crippen LogP contribution in [0.5, 0.6) is 0 Å². The van der Waals surface area contributed by atoms with Crippen molar-refractivity contribution in [2.24, 2.45) is 5.92 Å². The Bertz CT molecular complexity index is 697. The first kappa shape index (κ1) is 14.7. The van der Waals surface area contributed by atoms with E-state index in [9.17, 15) is 4.79 Å². The van der Waals surface area contributed by atoms with Gasteiger partial charge in [0.05, 0.1) is 5.69 Å². The third-order valence-corrected chi connectivity index (χ3v) is 3.70. The third-order valence-electron chi connectivity index (χ3n) is 3.70. The zero-order chi connectivity index (χ0) is 15.9. The molecular weight excluding hydrogens is 284 g/mol. The second kappa shape index (κ2) is 5.23. The molecule has 1 aliphatic rings. The van der Waals surface area contributed by atoms with E-state index in [1.165, 1.54) is 12.8 Å². The molecule has 0 saturated heterocycles. The summed E-state index contributed by atoms with van der Waals surface area (Å²) in [6, 6.07) is 0. The second-order valence-corrected chi connectivity index (χ2v) is 6.40. The van der Waals surface area contributed by atoms with Crippen LogP contribution in [-0.4, -0.2) is 21.0 Å². The fourth-order valence-corrected chi connectivity index (χ4v) is 2.26. The van der Waals surface area contributed by atoms with Gasteiger partial charge in [0, 0.05) is 6.42 Å². The first-order valence-corrected chi connectivity index (χ1v) is 7.45. The summed E-state index contributed by atoms with van der Waals surface area (Å²) in [5, 5.41) is 6.61. The summed E-state index contributed by atoms with van der Waals surface area (Å²) in [7, 11) is 0. The van der Waals surface area contributed by atoms with Gasteiger partial charge in [-0.3, -0.25) is 4.79 Å². The summed E-state index contributed by atoms with van der Waals surface area (Å²) in [5.74, 6) is 2.10. The van der Waals surface area contributed by atoms with Crippen molar-refractivity contribution in [1.29, 1.82) is 0 Å². The Morgan fingerprint density at radius 1 is 1.32 bits per heavy atom. The highest BCUT2D eigenvalue weighted by Gasteiger charge is 2.32. The molecule has 2 heterocycles. The molecule has 0 bridgehead atoms. The predicted molar refractivity (Wildman–Crippen MR) is 77.2 cm³/mol. The van der Waals surface area contributed by atoms with E-state index in [0.29, 0.717) is 29.2 Å². The van der Waals surface area contributed by atoms with E-state index in [2.05, 4.69) is 20.4 Å². The monoisotopic (exact) mass is 304 g/mol. The SMILES string of the molecule is Cc1noc(C(C)(C)NC(=O)c2oc(CC3CC3)nc2C)n1. The van der Waals surface area contributed by atoms with Crippen LogP contribution < -0.4 is 5.32 Å². The maximum Gasteiger partial charge on any atom is 0.289 e. The van der Waals surface area contributed by atoms with Crippen molar-refractivity contribution in [1.82, 2.24) is 20.4 Å². The molecule has 7 heteroatoms. The van der Waals surface area contributed by atoms with Crippen molar-refractivity contribution in [2.75, 3.05) is 0 Å². The number of aryl methyl sites for hydroxylation is 2. The number of rotatable bonds is 5. The first-order chi connectivity index (χ1) is 10.3. The van der Waals surface area contributed by atoms with Gasteiger partial charge >= 0.3 is 0 Å². The van der Waals surface area contributed by atoms with Crippen molar-refractivity contribution in [3.05, 3.63) is 29.1 Å². The molecule has 1 saturated carbocycles. The van der Waals surface area contributed by atoms with Crippen LogP contribution in [0.1, 0.15) is 60.5 Å². The van der Waals surface area contributed by atoms with Crippen molar-refractivity contribution < 1.29 is 13.7 Å². The highest BCUT2D eigenvalue weighted by atomic mass is 16.5. The number of nitrogens with one attached hydrogen (secondary N) is 1. The van der Waals surface area contributed by atoms with Crippen molar-refractivity contribution in [3.63, 3.8) is 0 Å². The fourth-order valence-electron chi connectivity index (χ4n) is 2.26. The van der Waals surface area contributed by atoms with E-state index in [-0.39, 0.29) is 11.7 Å². The summed E-state index contributed by atoms with van der Waals surface area (Å²) in [5.41, 5.74) is -0.181. The average Bonchev–Trinajstić information content (AvgIpc) is 2.98. The summed E-state index contributed by atoms with van der Waals surface area (Å²) < 4.78 is 10.8. The largest absolute Gasteiger partial charge is 0.435 e. The van der Waals surface area contributed by atoms with E-state index in [0.717, 1.165) is 6.42 Å². The Morgan fingerprint density at radius 2 is 2.05 bits per heavy atom. The molecule has 0 spiro atoms. The lowest BCUT2D eigenvalue weighted by molar-refractivity contribution is 0.0863. The number of oxazole rings is 1. The second-order valence-electron chi connectivity index (χ2n) is 6.40. The Labute approximate surface area is 128 Å². The Hall–Kier alpha value is -2.18. The van der Waals surface area contributed by atoms with Gasteiger partial charge < -0.3 is 14.3 Å². The van der Waals surface area contributed by atoms with Crippen molar-refractivity contribution >= 4 is 5.91 Å². The van der Waals surface area contributed by atoms with Gasteiger partial charge in [-0.25, -0.2) is 4.98 Å². The molecule has 7 nitrogen and oxygen atoms in total. The maximum atomic E-state index is 12.4. The number of nitrogens with zero attached hydrogens (tertiary/aromatic N) is 3. The molecule has 22 heavy (non-hydrogen) atoms. The number of hydrogen-bond acceptors (Lipinski definition) is 6. The topological polar surface area (TPSA) is 94.1 Å². The molecule has 1 aliphatic carbocycles. The lowest BCUT2D eigenvalue weighted by Crippen LogP contribution is -2.41. The minimum absolute atomic E-state index is 0.250. The van der Waals surface area contributed by atoms with Crippen LogP contribution in [0.2, 0.25) is 0 Å². The standard InChI is InChI=1S/C15H20N4O3/c1-8-12(21-11(16-8)7-10-5-6-10)13(20)18-15(3,4)14-17-9(2)19-22-14/h10H,5-7H2,1-4H3,(H,18,20). The molecule has 0 aromatic carbocycles. The van der Waals surface area contributed by atoms with E-state index >= 15 is 0 Å². The van der Waals surface area contributed by atoms with Crippen LogP contribution in [0.25, 0.3) is 0 Å². The maximum absolute atomic E-state index is 12.4. The van der Waals surface area contributed by atoms with Crippen LogP contribution in [0.3, 0.4) is 0 Å². The van der Waals surface area contributed by atoms with E-state index in [1.54, 1.807) is 27.7 Å². The van der Waals surface area contributed by atoms with Gasteiger partial charge in [-0.2, -0.15) is 4.98 Å². The Kier molecular flexibility index (Phi) is 3.50. The molecule has 1 N–H and O–H groups in total. The zero-order valence-corrected chi connectivity index (χ0v) is 13.3. The minimum atomic E-state index is -0.784. The quantitative estimate of drug-likeness (QED) is 0.910. The lowest BCUT2D eigenvalue weighted by atomic mass is 10.1. The predicted octanol–water partition coefficient (Wildman–Crippen LogP) is 2.29. The van der Waals surface area contributed by atoms with Crippen LogP contribution in [0.4, 0.5) is 0 Å². The highest BCUT2D eigenvalue weighted by molar-refractivity contribution is 5.92. The Balaban J connectivity index is 1.74. The molecule has 1 fully saturated rings.